The maximum absolute atomic E-state index is 12.9. The minimum absolute atomic E-state index is 0.264. The van der Waals surface area contributed by atoms with Gasteiger partial charge in [-0.3, -0.25) is 4.79 Å². The predicted octanol–water partition coefficient (Wildman–Crippen LogP) is 2.53. The van der Waals surface area contributed by atoms with Crippen LogP contribution in [0.1, 0.15) is 21.6 Å². The van der Waals surface area contributed by atoms with E-state index < -0.39 is 12.6 Å². The van der Waals surface area contributed by atoms with Crippen LogP contribution >= 0.6 is 0 Å². The van der Waals surface area contributed by atoms with E-state index in [1.807, 2.05) is 6.07 Å². The Hall–Kier alpha value is -3.55. The maximum atomic E-state index is 12.9. The Morgan fingerprint density at radius 2 is 1.93 bits per heavy atom. The SMILES string of the molecule is Cc1c(C(=O)OCC(=O)N(C)Cc2ccc(F)cc2)cnn1-c1ccccn1. The maximum Gasteiger partial charge on any atom is 0.342 e. The van der Waals surface area contributed by atoms with Gasteiger partial charge >= 0.3 is 5.97 Å². The molecule has 0 radical (unpaired) electrons. The standard InChI is InChI=1S/C20H19FN4O3/c1-14-17(11-23-25(14)18-5-3-4-10-22-18)20(27)28-13-19(26)24(2)12-15-6-8-16(21)9-7-15/h3-11H,12-13H2,1-2H3. The largest absolute Gasteiger partial charge is 0.452 e. The van der Waals surface area contributed by atoms with Crippen LogP contribution in [0.15, 0.2) is 54.9 Å². The van der Waals surface area contributed by atoms with Crippen LogP contribution < -0.4 is 0 Å². The number of esters is 1. The number of ether oxygens (including phenoxy) is 1. The Bertz CT molecular complexity index is 971. The molecular formula is C20H19FN4O3. The van der Waals surface area contributed by atoms with Gasteiger partial charge in [0, 0.05) is 19.8 Å². The Kier molecular flexibility index (Phi) is 5.78. The van der Waals surface area contributed by atoms with E-state index in [-0.39, 0.29) is 23.8 Å². The van der Waals surface area contributed by atoms with Crippen LogP contribution in [0.5, 0.6) is 0 Å². The van der Waals surface area contributed by atoms with E-state index in [0.29, 0.717) is 11.5 Å². The molecule has 0 fully saturated rings. The monoisotopic (exact) mass is 382 g/mol. The molecular weight excluding hydrogens is 363 g/mol. The van der Waals surface area contributed by atoms with E-state index in [1.165, 1.54) is 27.9 Å². The lowest BCUT2D eigenvalue weighted by atomic mass is 10.2. The number of rotatable bonds is 6. The molecule has 0 aliphatic rings. The topological polar surface area (TPSA) is 77.3 Å². The summed E-state index contributed by atoms with van der Waals surface area (Å²) in [7, 11) is 1.59. The van der Waals surface area contributed by atoms with Crippen molar-refractivity contribution in [1.29, 1.82) is 0 Å². The third kappa shape index (κ3) is 4.40. The number of benzene rings is 1. The van der Waals surface area contributed by atoms with Crippen molar-refractivity contribution >= 4 is 11.9 Å². The number of carbonyl (C=O) groups is 2. The number of hydrogen-bond acceptors (Lipinski definition) is 5. The summed E-state index contributed by atoms with van der Waals surface area (Å²) >= 11 is 0. The Morgan fingerprint density at radius 3 is 2.61 bits per heavy atom. The van der Waals surface area contributed by atoms with Crippen molar-refractivity contribution in [2.75, 3.05) is 13.7 Å². The van der Waals surface area contributed by atoms with E-state index in [0.717, 1.165) is 5.56 Å². The molecule has 0 aliphatic heterocycles. The Labute approximate surface area is 161 Å². The van der Waals surface area contributed by atoms with Gasteiger partial charge in [-0.2, -0.15) is 5.10 Å². The molecule has 7 nitrogen and oxygen atoms in total. The lowest BCUT2D eigenvalue weighted by Gasteiger charge is -2.17. The van der Waals surface area contributed by atoms with Crippen molar-refractivity contribution in [3.8, 4) is 5.82 Å². The zero-order chi connectivity index (χ0) is 20.1. The molecule has 2 aromatic heterocycles. The van der Waals surface area contributed by atoms with E-state index in [1.54, 1.807) is 44.4 Å². The summed E-state index contributed by atoms with van der Waals surface area (Å²) in [5, 5.41) is 4.16. The first-order valence-electron chi connectivity index (χ1n) is 8.57. The molecule has 3 aromatic rings. The molecule has 8 heteroatoms. The van der Waals surface area contributed by atoms with Gasteiger partial charge < -0.3 is 9.64 Å². The van der Waals surface area contributed by atoms with E-state index in [2.05, 4.69) is 10.1 Å². The molecule has 0 spiro atoms. The quantitative estimate of drug-likeness (QED) is 0.613. The first-order chi connectivity index (χ1) is 13.5. The molecule has 0 bridgehead atoms. The van der Waals surface area contributed by atoms with Crippen LogP contribution in [0.3, 0.4) is 0 Å². The van der Waals surface area contributed by atoms with Gasteiger partial charge in [0.05, 0.1) is 11.9 Å². The lowest BCUT2D eigenvalue weighted by molar-refractivity contribution is -0.133. The molecule has 0 aliphatic carbocycles. The summed E-state index contributed by atoms with van der Waals surface area (Å²) < 4.78 is 19.6. The van der Waals surface area contributed by atoms with E-state index in [4.69, 9.17) is 4.74 Å². The molecule has 0 atom stereocenters. The summed E-state index contributed by atoms with van der Waals surface area (Å²) in [4.78, 5) is 30.1. The van der Waals surface area contributed by atoms with Crippen molar-refractivity contribution < 1.29 is 18.7 Å². The minimum atomic E-state index is -0.636. The predicted molar refractivity (Wildman–Crippen MR) is 99.3 cm³/mol. The third-order valence-electron chi connectivity index (χ3n) is 4.18. The van der Waals surface area contributed by atoms with Crippen molar-refractivity contribution in [3.05, 3.63) is 77.5 Å². The highest BCUT2D eigenvalue weighted by Crippen LogP contribution is 2.13. The van der Waals surface area contributed by atoms with Gasteiger partial charge in [-0.05, 0) is 36.8 Å². The van der Waals surface area contributed by atoms with E-state index >= 15 is 0 Å². The summed E-state index contributed by atoms with van der Waals surface area (Å²) in [6.45, 7) is 1.61. The van der Waals surface area contributed by atoms with Crippen molar-refractivity contribution in [2.45, 2.75) is 13.5 Å². The average Bonchev–Trinajstić information content (AvgIpc) is 3.09. The van der Waals surface area contributed by atoms with Crippen LogP contribution in [0, 0.1) is 12.7 Å². The molecule has 3 rings (SSSR count). The molecule has 0 unspecified atom stereocenters. The van der Waals surface area contributed by atoms with Gasteiger partial charge in [-0.1, -0.05) is 18.2 Å². The second-order valence-corrected chi connectivity index (χ2v) is 6.20. The zero-order valence-electron chi connectivity index (χ0n) is 15.5. The van der Waals surface area contributed by atoms with Crippen molar-refractivity contribution in [1.82, 2.24) is 19.7 Å². The Morgan fingerprint density at radius 1 is 1.18 bits per heavy atom. The zero-order valence-corrected chi connectivity index (χ0v) is 15.5. The van der Waals surface area contributed by atoms with Crippen LogP contribution in [0.2, 0.25) is 0 Å². The van der Waals surface area contributed by atoms with Crippen LogP contribution in [-0.2, 0) is 16.1 Å². The molecule has 1 aromatic carbocycles. The molecule has 0 saturated carbocycles. The lowest BCUT2D eigenvalue weighted by Crippen LogP contribution is -2.30. The van der Waals surface area contributed by atoms with Gasteiger partial charge in [0.1, 0.15) is 11.4 Å². The fourth-order valence-electron chi connectivity index (χ4n) is 2.59. The van der Waals surface area contributed by atoms with E-state index in [9.17, 15) is 14.0 Å². The molecule has 0 saturated heterocycles. The number of pyridine rings is 1. The number of carbonyl (C=O) groups excluding carboxylic acids is 2. The number of hydrogen-bond donors (Lipinski definition) is 0. The second kappa shape index (κ2) is 8.43. The summed E-state index contributed by atoms with van der Waals surface area (Å²) in [5.74, 6) is -0.766. The Balaban J connectivity index is 1.58. The molecule has 28 heavy (non-hydrogen) atoms. The van der Waals surface area contributed by atoms with Gasteiger partial charge in [0.15, 0.2) is 12.4 Å². The summed E-state index contributed by atoms with van der Waals surface area (Å²) in [6, 6.07) is 11.2. The van der Waals surface area contributed by atoms with Crippen LogP contribution in [0.4, 0.5) is 4.39 Å². The van der Waals surface area contributed by atoms with Gasteiger partial charge in [0.2, 0.25) is 0 Å². The van der Waals surface area contributed by atoms with Crippen molar-refractivity contribution in [2.24, 2.45) is 0 Å². The van der Waals surface area contributed by atoms with Crippen molar-refractivity contribution in [3.63, 3.8) is 0 Å². The number of amides is 1. The number of likely N-dealkylation sites (N-methyl/N-ethyl adjacent to an activating group) is 1. The average molecular weight is 382 g/mol. The van der Waals surface area contributed by atoms with Crippen LogP contribution in [-0.4, -0.2) is 45.2 Å². The summed E-state index contributed by atoms with van der Waals surface area (Å²) in [5.41, 5.74) is 1.60. The number of halogens is 1. The van der Waals surface area contributed by atoms with Gasteiger partial charge in [-0.25, -0.2) is 18.9 Å². The van der Waals surface area contributed by atoms with Gasteiger partial charge in [-0.15, -0.1) is 0 Å². The minimum Gasteiger partial charge on any atom is -0.452 e. The first-order valence-corrected chi connectivity index (χ1v) is 8.57. The first kappa shape index (κ1) is 19.2. The third-order valence-corrected chi connectivity index (χ3v) is 4.18. The highest BCUT2D eigenvalue weighted by atomic mass is 19.1. The second-order valence-electron chi connectivity index (χ2n) is 6.20. The fourth-order valence-corrected chi connectivity index (χ4v) is 2.59. The highest BCUT2D eigenvalue weighted by molar-refractivity contribution is 5.92. The summed E-state index contributed by atoms with van der Waals surface area (Å²) in [6.07, 6.45) is 3.02. The fraction of sp³-hybridized carbons (Fsp3) is 0.200. The van der Waals surface area contributed by atoms with Crippen LogP contribution in [0.25, 0.3) is 5.82 Å². The normalized spacial score (nSPS) is 10.5. The molecule has 0 N–H and O–H groups in total. The smallest absolute Gasteiger partial charge is 0.342 e. The molecule has 144 valence electrons. The molecule has 2 heterocycles. The highest BCUT2D eigenvalue weighted by Gasteiger charge is 2.19. The van der Waals surface area contributed by atoms with Gasteiger partial charge in [0.25, 0.3) is 5.91 Å². The molecule has 1 amide bonds. The number of nitrogens with zero attached hydrogens (tertiary/aromatic N) is 4. The number of aromatic nitrogens is 3.